The van der Waals surface area contributed by atoms with E-state index in [9.17, 15) is 23.7 Å². The molecule has 0 aromatic heterocycles. The average molecular weight is 311 g/mol. The van der Waals surface area contributed by atoms with E-state index >= 15 is 0 Å². The topological polar surface area (TPSA) is 80.4 Å². The van der Waals surface area contributed by atoms with Crippen LogP contribution in [-0.2, 0) is 0 Å². The Morgan fingerprint density at radius 2 is 1.86 bits per heavy atom. The number of aromatic carboxylic acids is 1. The van der Waals surface area contributed by atoms with Gasteiger partial charge in [0.2, 0.25) is 0 Å². The number of hydrogen-bond donors (Lipinski definition) is 1. The molecule has 0 aliphatic rings. The molecule has 0 aliphatic heterocycles. The van der Waals surface area contributed by atoms with Crippen molar-refractivity contribution in [2.24, 2.45) is 0 Å². The number of halogens is 2. The molecule has 0 bridgehead atoms. The van der Waals surface area contributed by atoms with Crippen molar-refractivity contribution in [1.29, 1.82) is 0 Å². The first-order valence-electron chi connectivity index (χ1n) is 5.53. The molecule has 0 amide bonds. The van der Waals surface area contributed by atoms with E-state index < -0.39 is 22.5 Å². The molecule has 0 aliphatic carbocycles. The van der Waals surface area contributed by atoms with E-state index in [0.717, 1.165) is 36.4 Å². The summed E-state index contributed by atoms with van der Waals surface area (Å²) in [6.45, 7) is 0. The van der Waals surface area contributed by atoms with Crippen molar-refractivity contribution in [1.82, 2.24) is 0 Å². The number of rotatable bonds is 4. The van der Waals surface area contributed by atoms with Gasteiger partial charge in [-0.25, -0.2) is 13.6 Å². The lowest BCUT2D eigenvalue weighted by Crippen LogP contribution is -1.97. The molecular weight excluding hydrogens is 304 g/mol. The van der Waals surface area contributed by atoms with Crippen molar-refractivity contribution in [2.45, 2.75) is 9.79 Å². The van der Waals surface area contributed by atoms with Crippen LogP contribution >= 0.6 is 11.8 Å². The smallest absolute Gasteiger partial charge is 0.335 e. The maximum atomic E-state index is 13.7. The normalized spacial score (nSPS) is 10.4. The third-order valence-electron chi connectivity index (χ3n) is 2.52. The molecule has 2 rings (SSSR count). The van der Waals surface area contributed by atoms with Crippen LogP contribution in [0, 0.1) is 21.7 Å². The van der Waals surface area contributed by atoms with E-state index in [1.807, 2.05) is 0 Å². The molecule has 0 radical (unpaired) electrons. The zero-order valence-corrected chi connectivity index (χ0v) is 11.1. The molecule has 0 saturated carbocycles. The van der Waals surface area contributed by atoms with Gasteiger partial charge in [-0.1, -0.05) is 11.8 Å². The number of hydrogen-bond acceptors (Lipinski definition) is 4. The van der Waals surface area contributed by atoms with Crippen LogP contribution in [-0.4, -0.2) is 16.0 Å². The van der Waals surface area contributed by atoms with Gasteiger partial charge in [0.15, 0.2) is 0 Å². The Morgan fingerprint density at radius 3 is 2.48 bits per heavy atom. The second-order valence-electron chi connectivity index (χ2n) is 3.92. The predicted octanol–water partition coefficient (Wildman–Crippen LogP) is 3.72. The fourth-order valence-electron chi connectivity index (χ4n) is 1.55. The van der Waals surface area contributed by atoms with E-state index in [2.05, 4.69) is 0 Å². The largest absolute Gasteiger partial charge is 0.478 e. The van der Waals surface area contributed by atoms with Crippen molar-refractivity contribution in [3.05, 3.63) is 63.7 Å². The fraction of sp³-hybridized carbons (Fsp3) is 0. The van der Waals surface area contributed by atoms with Gasteiger partial charge in [0.1, 0.15) is 11.6 Å². The van der Waals surface area contributed by atoms with E-state index in [0.29, 0.717) is 11.8 Å². The lowest BCUT2D eigenvalue weighted by molar-refractivity contribution is -0.387. The monoisotopic (exact) mass is 311 g/mol. The molecule has 0 spiro atoms. The molecule has 5 nitrogen and oxygen atoms in total. The minimum Gasteiger partial charge on any atom is -0.478 e. The summed E-state index contributed by atoms with van der Waals surface area (Å²) < 4.78 is 26.9. The Morgan fingerprint density at radius 1 is 1.14 bits per heavy atom. The van der Waals surface area contributed by atoms with Crippen LogP contribution in [0.3, 0.4) is 0 Å². The van der Waals surface area contributed by atoms with Gasteiger partial charge in [-0.05, 0) is 30.3 Å². The van der Waals surface area contributed by atoms with E-state index in [-0.39, 0.29) is 21.0 Å². The Labute approximate surface area is 121 Å². The minimum atomic E-state index is -1.26. The third kappa shape index (κ3) is 3.34. The minimum absolute atomic E-state index is 0.110. The fourth-order valence-corrected chi connectivity index (χ4v) is 2.56. The van der Waals surface area contributed by atoms with Gasteiger partial charge in [-0.2, -0.15) is 0 Å². The first-order chi connectivity index (χ1) is 9.88. The van der Waals surface area contributed by atoms with Crippen molar-refractivity contribution >= 4 is 23.4 Å². The number of carbonyl (C=O) groups is 1. The van der Waals surface area contributed by atoms with Gasteiger partial charge in [0, 0.05) is 11.0 Å². The summed E-state index contributed by atoms with van der Waals surface area (Å²) in [7, 11) is 0. The first-order valence-corrected chi connectivity index (χ1v) is 6.35. The average Bonchev–Trinajstić information content (AvgIpc) is 2.40. The van der Waals surface area contributed by atoms with Crippen molar-refractivity contribution in [2.75, 3.05) is 0 Å². The summed E-state index contributed by atoms with van der Waals surface area (Å²) >= 11 is 0.595. The molecule has 0 saturated heterocycles. The van der Waals surface area contributed by atoms with Gasteiger partial charge >= 0.3 is 5.97 Å². The Kier molecular flexibility index (Phi) is 4.18. The highest BCUT2D eigenvalue weighted by molar-refractivity contribution is 7.99. The molecule has 1 N–H and O–H groups in total. The molecule has 2 aromatic rings. The Hall–Kier alpha value is -2.48. The molecule has 0 fully saturated rings. The van der Waals surface area contributed by atoms with Crippen molar-refractivity contribution in [3.63, 3.8) is 0 Å². The number of carboxylic acid groups (broad SMARTS) is 1. The van der Waals surface area contributed by atoms with Crippen molar-refractivity contribution < 1.29 is 23.6 Å². The summed E-state index contributed by atoms with van der Waals surface area (Å²) in [6.07, 6.45) is 0. The number of nitro benzene ring substituents is 1. The van der Waals surface area contributed by atoms with E-state index in [1.54, 1.807) is 0 Å². The lowest BCUT2D eigenvalue weighted by atomic mass is 10.2. The van der Waals surface area contributed by atoms with Crippen molar-refractivity contribution in [3.8, 4) is 0 Å². The highest BCUT2D eigenvalue weighted by atomic mass is 32.2. The lowest BCUT2D eigenvalue weighted by Gasteiger charge is -2.05. The highest BCUT2D eigenvalue weighted by Crippen LogP contribution is 2.36. The molecule has 21 heavy (non-hydrogen) atoms. The van der Waals surface area contributed by atoms with Crippen LogP contribution in [0.4, 0.5) is 14.5 Å². The molecule has 0 unspecified atom stereocenters. The summed E-state index contributed by atoms with van der Waals surface area (Å²) in [6, 6.07) is 5.84. The summed E-state index contributed by atoms with van der Waals surface area (Å²) in [5.41, 5.74) is -0.556. The van der Waals surface area contributed by atoms with Gasteiger partial charge in [0.25, 0.3) is 5.69 Å². The summed E-state index contributed by atoms with van der Waals surface area (Å²) in [4.78, 5) is 20.7. The zero-order chi connectivity index (χ0) is 15.6. The molecule has 0 atom stereocenters. The van der Waals surface area contributed by atoms with Gasteiger partial charge in [-0.15, -0.1) is 0 Å². The number of nitrogens with zero attached hydrogens (tertiary/aromatic N) is 1. The number of benzene rings is 2. The van der Waals surface area contributed by atoms with Crippen LogP contribution in [0.1, 0.15) is 10.4 Å². The van der Waals surface area contributed by atoms with E-state index in [4.69, 9.17) is 5.11 Å². The molecular formula is C13H7F2NO4S. The SMILES string of the molecule is O=C(O)c1ccc(F)c(Sc2cc(F)ccc2[N+](=O)[O-])c1. The molecule has 108 valence electrons. The first kappa shape index (κ1) is 14.9. The summed E-state index contributed by atoms with van der Waals surface area (Å²) in [5.74, 6) is -2.72. The van der Waals surface area contributed by atoms with Crippen LogP contribution in [0.2, 0.25) is 0 Å². The van der Waals surface area contributed by atoms with Crippen LogP contribution in [0.25, 0.3) is 0 Å². The zero-order valence-electron chi connectivity index (χ0n) is 10.2. The van der Waals surface area contributed by atoms with Crippen LogP contribution in [0.5, 0.6) is 0 Å². The Balaban J connectivity index is 2.47. The van der Waals surface area contributed by atoms with Crippen LogP contribution in [0.15, 0.2) is 46.2 Å². The Bertz CT molecular complexity index is 736. The highest BCUT2D eigenvalue weighted by Gasteiger charge is 2.18. The quantitative estimate of drug-likeness (QED) is 0.687. The van der Waals surface area contributed by atoms with E-state index in [1.165, 1.54) is 0 Å². The summed E-state index contributed by atoms with van der Waals surface area (Å²) in [5, 5.41) is 19.7. The van der Waals surface area contributed by atoms with Gasteiger partial charge < -0.3 is 5.11 Å². The van der Waals surface area contributed by atoms with Gasteiger partial charge in [0.05, 0.1) is 15.4 Å². The predicted molar refractivity (Wildman–Crippen MR) is 70.5 cm³/mol. The second kappa shape index (κ2) is 5.88. The maximum Gasteiger partial charge on any atom is 0.335 e. The van der Waals surface area contributed by atoms with Gasteiger partial charge in [-0.3, -0.25) is 10.1 Å². The molecule has 0 heterocycles. The number of nitro groups is 1. The standard InChI is InChI=1S/C13H7F2NO4S/c14-8-2-4-10(16(19)20)12(6-8)21-11-5-7(13(17)18)1-3-9(11)15/h1-6H,(H,17,18). The maximum absolute atomic E-state index is 13.7. The molecule has 2 aromatic carbocycles. The third-order valence-corrected chi connectivity index (χ3v) is 3.60. The second-order valence-corrected chi connectivity index (χ2v) is 5.01. The molecule has 8 heteroatoms. The number of carboxylic acids is 1. The van der Waals surface area contributed by atoms with Crippen LogP contribution < -0.4 is 0 Å².